The fourth-order valence-electron chi connectivity index (χ4n) is 2.69. The summed E-state index contributed by atoms with van der Waals surface area (Å²) in [5.74, 6) is -0.678. The van der Waals surface area contributed by atoms with E-state index >= 15 is 0 Å². The lowest BCUT2D eigenvalue weighted by atomic mass is 10.1. The number of benzene rings is 2. The van der Waals surface area contributed by atoms with Crippen LogP contribution in [-0.2, 0) is 9.59 Å². The highest BCUT2D eigenvalue weighted by Gasteiger charge is 2.37. The molecule has 3 rings (SSSR count). The maximum absolute atomic E-state index is 12.9. The van der Waals surface area contributed by atoms with Crippen molar-refractivity contribution in [3.05, 3.63) is 58.1 Å². The zero-order valence-electron chi connectivity index (χ0n) is 14.5. The molecule has 2 aromatic rings. The summed E-state index contributed by atoms with van der Waals surface area (Å²) in [4.78, 5) is 38.3. The molecule has 0 spiro atoms. The lowest BCUT2D eigenvalue weighted by Gasteiger charge is -2.26. The second-order valence-electron chi connectivity index (χ2n) is 5.52. The van der Waals surface area contributed by atoms with E-state index in [9.17, 15) is 14.4 Å². The number of urea groups is 1. The molecule has 0 radical (unpaired) electrons. The number of amides is 4. The molecule has 138 valence electrons. The molecule has 2 aromatic carbocycles. The van der Waals surface area contributed by atoms with Crippen LogP contribution in [-0.4, -0.2) is 32.1 Å². The van der Waals surface area contributed by atoms with Crippen LogP contribution in [0.3, 0.4) is 0 Å². The van der Waals surface area contributed by atoms with Gasteiger partial charge in [-0.25, -0.2) is 9.69 Å². The molecule has 1 fully saturated rings. The number of hydrogen-bond donors (Lipinski definition) is 1. The van der Waals surface area contributed by atoms with E-state index in [1.165, 1.54) is 20.3 Å². The number of imide groups is 2. The average molecular weight is 431 g/mol. The van der Waals surface area contributed by atoms with Gasteiger partial charge in [-0.1, -0.05) is 34.1 Å². The zero-order valence-corrected chi connectivity index (χ0v) is 16.1. The largest absolute Gasteiger partial charge is 0.493 e. The van der Waals surface area contributed by atoms with Crippen molar-refractivity contribution in [2.75, 3.05) is 19.1 Å². The number of barbiturate groups is 1. The highest BCUT2D eigenvalue weighted by molar-refractivity contribution is 9.10. The molecule has 4 amide bonds. The summed E-state index contributed by atoms with van der Waals surface area (Å²) in [6.07, 6.45) is 1.37. The van der Waals surface area contributed by atoms with Crippen LogP contribution in [0.1, 0.15) is 5.56 Å². The van der Waals surface area contributed by atoms with Gasteiger partial charge in [-0.05, 0) is 30.3 Å². The van der Waals surface area contributed by atoms with Gasteiger partial charge in [0.25, 0.3) is 11.8 Å². The van der Waals surface area contributed by atoms with Gasteiger partial charge < -0.3 is 9.47 Å². The van der Waals surface area contributed by atoms with Gasteiger partial charge in [-0.3, -0.25) is 14.9 Å². The van der Waals surface area contributed by atoms with Crippen LogP contribution in [0.15, 0.2) is 52.5 Å². The van der Waals surface area contributed by atoms with Gasteiger partial charge in [0.05, 0.1) is 19.9 Å². The first-order chi connectivity index (χ1) is 13.0. The Morgan fingerprint density at radius 3 is 2.44 bits per heavy atom. The normalized spacial score (nSPS) is 15.7. The molecule has 0 bridgehead atoms. The Balaban J connectivity index is 2.08. The third-order valence-electron chi connectivity index (χ3n) is 3.90. The second-order valence-corrected chi connectivity index (χ2v) is 6.44. The zero-order chi connectivity index (χ0) is 19.6. The van der Waals surface area contributed by atoms with Crippen LogP contribution < -0.4 is 19.7 Å². The minimum absolute atomic E-state index is 0.193. The Morgan fingerprint density at radius 2 is 1.78 bits per heavy atom. The van der Waals surface area contributed by atoms with Crippen molar-refractivity contribution in [1.82, 2.24) is 5.32 Å². The van der Waals surface area contributed by atoms with E-state index < -0.39 is 17.8 Å². The minimum atomic E-state index is -0.808. The molecule has 0 aliphatic carbocycles. The van der Waals surface area contributed by atoms with Gasteiger partial charge in [0.2, 0.25) is 0 Å². The van der Waals surface area contributed by atoms with Crippen molar-refractivity contribution in [2.45, 2.75) is 0 Å². The molecule has 7 nitrogen and oxygen atoms in total. The molecule has 0 unspecified atom stereocenters. The molecule has 0 atom stereocenters. The van der Waals surface area contributed by atoms with Gasteiger partial charge in [0.15, 0.2) is 11.5 Å². The number of carbonyl (C=O) groups excluding carboxylic acids is 3. The lowest BCUT2D eigenvalue weighted by molar-refractivity contribution is -0.122. The van der Waals surface area contributed by atoms with Crippen molar-refractivity contribution in [3.63, 3.8) is 0 Å². The fraction of sp³-hybridized carbons (Fsp3) is 0.105. The number of hydrogen-bond acceptors (Lipinski definition) is 5. The Labute approximate surface area is 163 Å². The summed E-state index contributed by atoms with van der Waals surface area (Å²) in [7, 11) is 2.95. The number of halogens is 1. The number of nitrogens with zero attached hydrogens (tertiary/aromatic N) is 1. The van der Waals surface area contributed by atoms with E-state index in [-0.39, 0.29) is 5.57 Å². The van der Waals surface area contributed by atoms with E-state index in [1.54, 1.807) is 42.5 Å². The highest BCUT2D eigenvalue weighted by atomic mass is 79.9. The van der Waals surface area contributed by atoms with Crippen LogP contribution in [0.25, 0.3) is 6.08 Å². The average Bonchev–Trinajstić information content (AvgIpc) is 2.64. The number of nitrogens with one attached hydrogen (secondary N) is 1. The maximum Gasteiger partial charge on any atom is 0.335 e. The molecular weight excluding hydrogens is 416 g/mol. The molecule has 0 aromatic heterocycles. The van der Waals surface area contributed by atoms with Crippen molar-refractivity contribution in [3.8, 4) is 11.5 Å². The number of anilines is 1. The summed E-state index contributed by atoms with van der Waals surface area (Å²) in [5, 5.41) is 2.19. The van der Waals surface area contributed by atoms with Crippen LogP contribution in [0, 0.1) is 0 Å². The standard InChI is InChI=1S/C19H15BrN2O5/c1-26-15-8-3-5-11(16(15)27-2)9-14-17(23)21-19(25)22(18(14)24)13-7-4-6-12(20)10-13/h3-10H,1-2H3,(H,21,23,25)/b14-9-. The summed E-state index contributed by atoms with van der Waals surface area (Å²) in [5.41, 5.74) is 0.614. The van der Waals surface area contributed by atoms with Crippen LogP contribution in [0.4, 0.5) is 10.5 Å². The van der Waals surface area contributed by atoms with E-state index in [0.717, 1.165) is 4.90 Å². The number of para-hydroxylation sites is 1. The van der Waals surface area contributed by atoms with E-state index in [2.05, 4.69) is 21.2 Å². The summed E-state index contributed by atoms with van der Waals surface area (Å²) < 4.78 is 11.3. The van der Waals surface area contributed by atoms with Gasteiger partial charge >= 0.3 is 6.03 Å². The number of rotatable bonds is 4. The number of methoxy groups -OCH3 is 2. The third-order valence-corrected chi connectivity index (χ3v) is 4.39. The summed E-state index contributed by atoms with van der Waals surface area (Å²) >= 11 is 3.30. The van der Waals surface area contributed by atoms with Crippen molar-refractivity contribution in [2.24, 2.45) is 0 Å². The molecule has 0 saturated carbocycles. The van der Waals surface area contributed by atoms with E-state index in [0.29, 0.717) is 27.2 Å². The van der Waals surface area contributed by atoms with Crippen LogP contribution >= 0.6 is 15.9 Å². The summed E-state index contributed by atoms with van der Waals surface area (Å²) in [6.45, 7) is 0. The SMILES string of the molecule is COc1cccc(/C=C2/C(=O)NC(=O)N(c3cccc(Br)c3)C2=O)c1OC. The first kappa shape index (κ1) is 18.7. The van der Waals surface area contributed by atoms with Crippen LogP contribution in [0.5, 0.6) is 11.5 Å². The third kappa shape index (κ3) is 3.56. The van der Waals surface area contributed by atoms with Crippen LogP contribution in [0.2, 0.25) is 0 Å². The summed E-state index contributed by atoms with van der Waals surface area (Å²) in [6, 6.07) is 10.9. The smallest absolute Gasteiger partial charge is 0.335 e. The van der Waals surface area contributed by atoms with E-state index in [4.69, 9.17) is 9.47 Å². The molecule has 1 aliphatic rings. The van der Waals surface area contributed by atoms with E-state index in [1.807, 2.05) is 0 Å². The molecule has 1 heterocycles. The van der Waals surface area contributed by atoms with Gasteiger partial charge in [0, 0.05) is 10.0 Å². The Hall–Kier alpha value is -3.13. The highest BCUT2D eigenvalue weighted by Crippen LogP contribution is 2.33. The lowest BCUT2D eigenvalue weighted by Crippen LogP contribution is -2.54. The van der Waals surface area contributed by atoms with Crippen molar-refractivity contribution < 1.29 is 23.9 Å². The Kier molecular flexibility index (Phi) is 5.27. The predicted molar refractivity (Wildman–Crippen MR) is 103 cm³/mol. The molecule has 1 saturated heterocycles. The van der Waals surface area contributed by atoms with Crippen molar-refractivity contribution in [1.29, 1.82) is 0 Å². The predicted octanol–water partition coefficient (Wildman–Crippen LogP) is 3.13. The first-order valence-electron chi connectivity index (χ1n) is 7.84. The molecular formula is C19H15BrN2O5. The minimum Gasteiger partial charge on any atom is -0.493 e. The number of ether oxygens (including phenoxy) is 2. The Bertz CT molecular complexity index is 970. The maximum atomic E-state index is 12.9. The van der Waals surface area contributed by atoms with Crippen molar-refractivity contribution >= 4 is 45.5 Å². The Morgan fingerprint density at radius 1 is 1.04 bits per heavy atom. The van der Waals surface area contributed by atoms with Gasteiger partial charge in [0.1, 0.15) is 5.57 Å². The molecule has 1 N–H and O–H groups in total. The molecule has 8 heteroatoms. The monoisotopic (exact) mass is 430 g/mol. The topological polar surface area (TPSA) is 84.9 Å². The molecule has 27 heavy (non-hydrogen) atoms. The second kappa shape index (κ2) is 7.63. The fourth-order valence-corrected chi connectivity index (χ4v) is 3.08. The molecule has 1 aliphatic heterocycles. The van der Waals surface area contributed by atoms with Gasteiger partial charge in [-0.2, -0.15) is 0 Å². The van der Waals surface area contributed by atoms with Gasteiger partial charge in [-0.15, -0.1) is 0 Å². The number of carbonyl (C=O) groups is 3. The quantitative estimate of drug-likeness (QED) is 0.594. The first-order valence-corrected chi connectivity index (χ1v) is 8.63.